The Morgan fingerprint density at radius 1 is 0.977 bits per heavy atom. The van der Waals surface area contributed by atoms with Crippen molar-refractivity contribution in [2.75, 3.05) is 29.9 Å². The van der Waals surface area contributed by atoms with Gasteiger partial charge in [0.05, 0.1) is 4.91 Å². The predicted octanol–water partition coefficient (Wildman–Crippen LogP) is 8.25. The molecule has 1 saturated heterocycles. The fourth-order valence-corrected chi connectivity index (χ4v) is 6.08. The van der Waals surface area contributed by atoms with Gasteiger partial charge in [0.15, 0.2) is 0 Å². The van der Waals surface area contributed by atoms with Crippen LogP contribution in [0.2, 0.25) is 10.0 Å². The summed E-state index contributed by atoms with van der Waals surface area (Å²) in [6.45, 7) is 5.52. The van der Waals surface area contributed by atoms with Gasteiger partial charge in [0.1, 0.15) is 18.9 Å². The van der Waals surface area contributed by atoms with E-state index in [1.807, 2.05) is 54.6 Å². The second kappa shape index (κ2) is 13.5. The summed E-state index contributed by atoms with van der Waals surface area (Å²) in [5.41, 5.74) is 2.94. The van der Waals surface area contributed by atoms with E-state index >= 15 is 0 Å². The number of carbonyl (C=O) groups excluding carboxylic acids is 3. The van der Waals surface area contributed by atoms with Crippen molar-refractivity contribution in [2.45, 2.75) is 20.5 Å². The van der Waals surface area contributed by atoms with E-state index in [1.54, 1.807) is 30.3 Å². The summed E-state index contributed by atoms with van der Waals surface area (Å²) in [5, 5.41) is 5.17. The Balaban J connectivity index is 1.36. The number of halogens is 2. The van der Waals surface area contributed by atoms with Gasteiger partial charge in [-0.3, -0.25) is 19.3 Å². The van der Waals surface area contributed by atoms with E-state index in [4.69, 9.17) is 27.9 Å². The van der Waals surface area contributed by atoms with Crippen LogP contribution in [0, 0.1) is 0 Å². The molecule has 0 bridgehead atoms. The number of amides is 3. The lowest BCUT2D eigenvalue weighted by Gasteiger charge is -2.22. The fourth-order valence-electron chi connectivity index (χ4n) is 4.79. The first-order valence-corrected chi connectivity index (χ1v) is 15.3. The third kappa shape index (κ3) is 6.99. The van der Waals surface area contributed by atoms with Crippen molar-refractivity contribution in [1.29, 1.82) is 0 Å². The quantitative estimate of drug-likeness (QED) is 0.177. The van der Waals surface area contributed by atoms with Crippen LogP contribution in [0.15, 0.2) is 83.8 Å². The summed E-state index contributed by atoms with van der Waals surface area (Å²) in [4.78, 5) is 42.4. The molecule has 0 atom stereocenters. The van der Waals surface area contributed by atoms with Gasteiger partial charge in [-0.2, -0.15) is 0 Å². The number of nitrogens with zero attached hydrogens (tertiary/aromatic N) is 2. The van der Waals surface area contributed by atoms with Gasteiger partial charge in [-0.15, -0.1) is 0 Å². The van der Waals surface area contributed by atoms with Crippen LogP contribution >= 0.6 is 35.0 Å². The highest BCUT2D eigenvalue weighted by atomic mass is 35.5. The Labute approximate surface area is 264 Å². The largest absolute Gasteiger partial charge is 0.488 e. The van der Waals surface area contributed by atoms with Crippen LogP contribution in [0.1, 0.15) is 25.0 Å². The molecule has 1 aliphatic heterocycles. The molecular formula is C33H29Cl2N3O4S. The third-order valence-electron chi connectivity index (χ3n) is 7.05. The van der Waals surface area contributed by atoms with Gasteiger partial charge in [-0.05, 0) is 67.4 Å². The fraction of sp³-hybridized carbons (Fsp3) is 0.182. The Morgan fingerprint density at radius 3 is 2.51 bits per heavy atom. The number of imide groups is 1. The van der Waals surface area contributed by atoms with Gasteiger partial charge in [-0.1, -0.05) is 65.7 Å². The van der Waals surface area contributed by atoms with E-state index in [9.17, 15) is 14.4 Å². The topological polar surface area (TPSA) is 79.0 Å². The summed E-state index contributed by atoms with van der Waals surface area (Å²) in [6, 6.07) is 24.1. The minimum absolute atomic E-state index is 0.175. The molecule has 5 rings (SSSR count). The van der Waals surface area contributed by atoms with E-state index in [-0.39, 0.29) is 11.5 Å². The van der Waals surface area contributed by atoms with Gasteiger partial charge in [0.25, 0.3) is 11.1 Å². The minimum Gasteiger partial charge on any atom is -0.488 e. The smallest absolute Gasteiger partial charge is 0.294 e. The molecule has 220 valence electrons. The number of anilines is 2. The van der Waals surface area contributed by atoms with Crippen molar-refractivity contribution in [1.82, 2.24) is 4.90 Å². The number of hydrogen-bond donors (Lipinski definition) is 1. The molecule has 0 aliphatic carbocycles. The summed E-state index contributed by atoms with van der Waals surface area (Å²) in [7, 11) is 0. The van der Waals surface area contributed by atoms with Crippen molar-refractivity contribution in [3.8, 4) is 5.75 Å². The van der Waals surface area contributed by atoms with Gasteiger partial charge in [0.2, 0.25) is 5.91 Å². The van der Waals surface area contributed by atoms with E-state index in [0.717, 1.165) is 51.8 Å². The van der Waals surface area contributed by atoms with Crippen LogP contribution in [0.5, 0.6) is 5.75 Å². The number of rotatable bonds is 10. The molecule has 4 aromatic rings. The Hall–Kier alpha value is -3.98. The van der Waals surface area contributed by atoms with E-state index in [1.165, 1.54) is 0 Å². The molecule has 1 N–H and O–H groups in total. The number of ether oxygens (including phenoxy) is 1. The zero-order valence-corrected chi connectivity index (χ0v) is 25.9. The number of hydrogen-bond acceptors (Lipinski definition) is 6. The number of thioether (sulfide) groups is 1. The molecule has 0 aromatic heterocycles. The average molecular weight is 635 g/mol. The second-order valence-corrected chi connectivity index (χ2v) is 11.6. The molecule has 0 unspecified atom stereocenters. The molecule has 4 aromatic carbocycles. The van der Waals surface area contributed by atoms with Gasteiger partial charge in [-0.25, -0.2) is 0 Å². The molecule has 1 fully saturated rings. The summed E-state index contributed by atoms with van der Waals surface area (Å²) in [5.74, 6) is -0.481. The van der Waals surface area contributed by atoms with Crippen molar-refractivity contribution in [3.05, 3.63) is 105 Å². The maximum atomic E-state index is 13.3. The Morgan fingerprint density at radius 2 is 1.74 bits per heavy atom. The maximum absolute atomic E-state index is 13.3. The molecule has 7 nitrogen and oxygen atoms in total. The van der Waals surface area contributed by atoms with Gasteiger partial charge in [0, 0.05) is 57.1 Å². The summed E-state index contributed by atoms with van der Waals surface area (Å²) >= 11 is 13.2. The lowest BCUT2D eigenvalue weighted by atomic mass is 10.1. The molecule has 3 amide bonds. The lowest BCUT2D eigenvalue weighted by molar-refractivity contribution is -0.127. The SMILES string of the molecule is CCN(CC)c1ccc(/C=C2/SC(=O)N(CC(=O)Nc3cccc4ccccc34)C2=O)c(OCc2ccc(Cl)cc2Cl)c1. The highest BCUT2D eigenvalue weighted by Gasteiger charge is 2.36. The summed E-state index contributed by atoms with van der Waals surface area (Å²) < 4.78 is 6.21. The van der Waals surface area contributed by atoms with Gasteiger partial charge < -0.3 is 15.0 Å². The second-order valence-electron chi connectivity index (χ2n) is 9.76. The zero-order valence-electron chi connectivity index (χ0n) is 23.6. The Kier molecular flexibility index (Phi) is 9.60. The molecule has 10 heteroatoms. The molecule has 1 aliphatic rings. The highest BCUT2D eigenvalue weighted by Crippen LogP contribution is 2.36. The van der Waals surface area contributed by atoms with Crippen molar-refractivity contribution in [3.63, 3.8) is 0 Å². The molecule has 1 heterocycles. The van der Waals surface area contributed by atoms with Crippen molar-refractivity contribution in [2.24, 2.45) is 0 Å². The van der Waals surface area contributed by atoms with Crippen molar-refractivity contribution < 1.29 is 19.1 Å². The normalized spacial score (nSPS) is 14.0. The van der Waals surface area contributed by atoms with Crippen LogP contribution < -0.4 is 15.0 Å². The number of benzene rings is 4. The lowest BCUT2D eigenvalue weighted by Crippen LogP contribution is -2.36. The number of fused-ring (bicyclic) bond motifs is 1. The number of nitrogens with one attached hydrogen (secondary N) is 1. The Bertz CT molecular complexity index is 1730. The van der Waals surface area contributed by atoms with Crippen LogP contribution in [0.3, 0.4) is 0 Å². The standard InChI is InChI=1S/C33H29Cl2N3O4S/c1-3-37(4-2)25-15-13-22(29(18-25)42-20-23-12-14-24(34)17-27(23)35)16-30-32(40)38(33(41)43-30)19-31(39)36-28-11-7-9-21-8-5-6-10-26(21)28/h5-18H,3-4,19-20H2,1-2H3,(H,36,39)/b30-16+. The zero-order chi connectivity index (χ0) is 30.5. The van der Waals surface area contributed by atoms with Crippen LogP contribution in [0.25, 0.3) is 16.8 Å². The first kappa shape index (κ1) is 30.5. The van der Waals surface area contributed by atoms with Crippen LogP contribution in [-0.4, -0.2) is 41.6 Å². The molecule has 0 spiro atoms. The first-order chi connectivity index (χ1) is 20.8. The number of carbonyl (C=O) groups is 3. The first-order valence-electron chi connectivity index (χ1n) is 13.8. The molecule has 0 saturated carbocycles. The monoisotopic (exact) mass is 633 g/mol. The summed E-state index contributed by atoms with van der Waals surface area (Å²) in [6.07, 6.45) is 1.62. The molecule has 0 radical (unpaired) electrons. The average Bonchev–Trinajstić information content (AvgIpc) is 3.25. The molecular weight excluding hydrogens is 605 g/mol. The maximum Gasteiger partial charge on any atom is 0.294 e. The predicted molar refractivity (Wildman–Crippen MR) is 176 cm³/mol. The van der Waals surface area contributed by atoms with E-state index in [2.05, 4.69) is 24.1 Å². The third-order valence-corrected chi connectivity index (χ3v) is 8.54. The van der Waals surface area contributed by atoms with Crippen LogP contribution in [-0.2, 0) is 16.2 Å². The highest BCUT2D eigenvalue weighted by molar-refractivity contribution is 8.18. The minimum atomic E-state index is -0.539. The van der Waals surface area contributed by atoms with Crippen LogP contribution in [0.4, 0.5) is 16.2 Å². The molecule has 43 heavy (non-hydrogen) atoms. The van der Waals surface area contributed by atoms with Gasteiger partial charge >= 0.3 is 0 Å². The van der Waals surface area contributed by atoms with Crippen molar-refractivity contribution >= 4 is 80.2 Å². The van der Waals surface area contributed by atoms with E-state index in [0.29, 0.717) is 27.0 Å². The van der Waals surface area contributed by atoms with E-state index < -0.39 is 23.6 Å².